The Morgan fingerprint density at radius 1 is 1.50 bits per heavy atom. The molecule has 0 aromatic heterocycles. The molecule has 3 heteroatoms. The van der Waals surface area contributed by atoms with Gasteiger partial charge in [0.05, 0.1) is 0 Å². The van der Waals surface area contributed by atoms with Crippen molar-refractivity contribution in [1.82, 2.24) is 0 Å². The van der Waals surface area contributed by atoms with Crippen molar-refractivity contribution in [3.05, 3.63) is 35.4 Å². The standard InChI is InChI=1S/C11H10F2O/c1-3-6-11(2,14)9-5-4-8(12)7-10(9)13/h1,4-5,7,14H,6H2,2H3/t11-/m0/s1. The fourth-order valence-electron chi connectivity index (χ4n) is 1.22. The van der Waals surface area contributed by atoms with E-state index in [1.165, 1.54) is 13.0 Å². The maximum atomic E-state index is 13.2. The van der Waals surface area contributed by atoms with Gasteiger partial charge >= 0.3 is 0 Å². The zero-order chi connectivity index (χ0) is 10.8. The molecular formula is C11H10F2O. The molecule has 0 radical (unpaired) electrons. The highest BCUT2D eigenvalue weighted by Gasteiger charge is 2.25. The van der Waals surface area contributed by atoms with Crippen molar-refractivity contribution in [2.75, 3.05) is 0 Å². The summed E-state index contributed by atoms with van der Waals surface area (Å²) in [5.74, 6) is 0.773. The Morgan fingerprint density at radius 3 is 2.64 bits per heavy atom. The molecule has 0 spiro atoms. The Bertz CT molecular complexity index is 377. The molecule has 1 aromatic carbocycles. The van der Waals surface area contributed by atoms with Crippen LogP contribution in [0, 0.1) is 24.0 Å². The first-order valence-electron chi connectivity index (χ1n) is 4.09. The van der Waals surface area contributed by atoms with Crippen LogP contribution in [0.15, 0.2) is 18.2 Å². The molecule has 0 aliphatic carbocycles. The minimum atomic E-state index is -1.45. The summed E-state index contributed by atoms with van der Waals surface area (Å²) >= 11 is 0. The third kappa shape index (κ3) is 2.09. The van der Waals surface area contributed by atoms with Crippen LogP contribution in [0.3, 0.4) is 0 Å². The van der Waals surface area contributed by atoms with Gasteiger partial charge in [0, 0.05) is 18.1 Å². The minimum Gasteiger partial charge on any atom is -0.384 e. The van der Waals surface area contributed by atoms with Gasteiger partial charge in [-0.3, -0.25) is 0 Å². The Morgan fingerprint density at radius 2 is 2.14 bits per heavy atom. The molecular weight excluding hydrogens is 186 g/mol. The molecule has 0 aliphatic heterocycles. The second-order valence-electron chi connectivity index (χ2n) is 3.28. The van der Waals surface area contributed by atoms with Crippen LogP contribution in [0.25, 0.3) is 0 Å². The van der Waals surface area contributed by atoms with Crippen molar-refractivity contribution in [3.63, 3.8) is 0 Å². The predicted molar refractivity (Wildman–Crippen MR) is 49.4 cm³/mol. The number of aliphatic hydroxyl groups is 1. The van der Waals surface area contributed by atoms with Crippen LogP contribution in [-0.2, 0) is 5.60 Å². The highest BCUT2D eigenvalue weighted by Crippen LogP contribution is 2.26. The van der Waals surface area contributed by atoms with Crippen LogP contribution in [0.4, 0.5) is 8.78 Å². The average molecular weight is 196 g/mol. The van der Waals surface area contributed by atoms with Crippen LogP contribution < -0.4 is 0 Å². The van der Waals surface area contributed by atoms with E-state index < -0.39 is 17.2 Å². The Balaban J connectivity index is 3.14. The number of terminal acetylenes is 1. The van der Waals surface area contributed by atoms with E-state index in [0.29, 0.717) is 0 Å². The summed E-state index contributed by atoms with van der Waals surface area (Å²) in [5.41, 5.74) is -1.44. The summed E-state index contributed by atoms with van der Waals surface area (Å²) < 4.78 is 25.8. The molecule has 1 aromatic rings. The lowest BCUT2D eigenvalue weighted by Gasteiger charge is -2.21. The molecule has 1 N–H and O–H groups in total. The van der Waals surface area contributed by atoms with Gasteiger partial charge in [0.1, 0.15) is 17.2 Å². The van der Waals surface area contributed by atoms with E-state index in [1.54, 1.807) is 0 Å². The van der Waals surface area contributed by atoms with Gasteiger partial charge < -0.3 is 5.11 Å². The lowest BCUT2D eigenvalue weighted by molar-refractivity contribution is 0.0589. The monoisotopic (exact) mass is 196 g/mol. The third-order valence-corrected chi connectivity index (χ3v) is 1.96. The number of halogens is 2. The van der Waals surface area contributed by atoms with Gasteiger partial charge in [0.2, 0.25) is 0 Å². The van der Waals surface area contributed by atoms with E-state index in [0.717, 1.165) is 12.1 Å². The topological polar surface area (TPSA) is 20.2 Å². The smallest absolute Gasteiger partial charge is 0.132 e. The average Bonchev–Trinajstić information content (AvgIpc) is 2.02. The van der Waals surface area contributed by atoms with Crippen LogP contribution in [-0.4, -0.2) is 5.11 Å². The number of hydrogen-bond acceptors (Lipinski definition) is 1. The van der Waals surface area contributed by atoms with E-state index in [4.69, 9.17) is 6.42 Å². The zero-order valence-electron chi connectivity index (χ0n) is 7.72. The lowest BCUT2D eigenvalue weighted by atomic mass is 9.92. The first-order chi connectivity index (χ1) is 6.47. The second kappa shape index (κ2) is 3.77. The van der Waals surface area contributed by atoms with Crippen molar-refractivity contribution in [3.8, 4) is 12.3 Å². The van der Waals surface area contributed by atoms with Gasteiger partial charge in [-0.1, -0.05) is 6.07 Å². The van der Waals surface area contributed by atoms with Crippen molar-refractivity contribution in [2.24, 2.45) is 0 Å². The van der Waals surface area contributed by atoms with Crippen molar-refractivity contribution >= 4 is 0 Å². The third-order valence-electron chi connectivity index (χ3n) is 1.96. The van der Waals surface area contributed by atoms with Crippen LogP contribution in [0.2, 0.25) is 0 Å². The molecule has 0 amide bonds. The van der Waals surface area contributed by atoms with E-state index in [2.05, 4.69) is 5.92 Å². The molecule has 0 aliphatic rings. The van der Waals surface area contributed by atoms with Gasteiger partial charge in [0.15, 0.2) is 0 Å². The van der Waals surface area contributed by atoms with Crippen molar-refractivity contribution < 1.29 is 13.9 Å². The summed E-state index contributed by atoms with van der Waals surface area (Å²) in [6.45, 7) is 1.39. The fraction of sp³-hybridized carbons (Fsp3) is 0.273. The molecule has 0 unspecified atom stereocenters. The highest BCUT2D eigenvalue weighted by atomic mass is 19.1. The summed E-state index contributed by atoms with van der Waals surface area (Å²) in [6, 6.07) is 3.01. The van der Waals surface area contributed by atoms with E-state index in [-0.39, 0.29) is 12.0 Å². The summed E-state index contributed by atoms with van der Waals surface area (Å²) in [4.78, 5) is 0. The van der Waals surface area contributed by atoms with Crippen molar-refractivity contribution in [2.45, 2.75) is 18.9 Å². The molecule has 0 bridgehead atoms. The summed E-state index contributed by atoms with van der Waals surface area (Å²) in [5, 5.41) is 9.75. The first-order valence-corrected chi connectivity index (χ1v) is 4.09. The maximum Gasteiger partial charge on any atom is 0.132 e. The number of benzene rings is 1. The molecule has 1 atom stereocenters. The van der Waals surface area contributed by atoms with Gasteiger partial charge in [-0.15, -0.1) is 12.3 Å². The van der Waals surface area contributed by atoms with E-state index >= 15 is 0 Å². The lowest BCUT2D eigenvalue weighted by Crippen LogP contribution is -2.22. The molecule has 0 fully saturated rings. The molecule has 74 valence electrons. The number of hydrogen-bond donors (Lipinski definition) is 1. The highest BCUT2D eigenvalue weighted by molar-refractivity contribution is 5.25. The summed E-state index contributed by atoms with van der Waals surface area (Å²) in [7, 11) is 0. The van der Waals surface area contributed by atoms with Gasteiger partial charge in [-0.25, -0.2) is 8.78 Å². The first kappa shape index (κ1) is 10.7. The molecule has 0 saturated carbocycles. The Labute approximate surface area is 81.4 Å². The summed E-state index contributed by atoms with van der Waals surface area (Å²) in [6.07, 6.45) is 5.01. The minimum absolute atomic E-state index is 0.0110. The Kier molecular flexibility index (Phi) is 2.87. The molecule has 0 heterocycles. The van der Waals surface area contributed by atoms with Gasteiger partial charge in [0.25, 0.3) is 0 Å². The van der Waals surface area contributed by atoms with Crippen LogP contribution in [0.5, 0.6) is 0 Å². The normalized spacial score (nSPS) is 14.5. The SMILES string of the molecule is C#CC[C@](C)(O)c1ccc(F)cc1F. The van der Waals surface area contributed by atoms with Crippen LogP contribution >= 0.6 is 0 Å². The Hall–Kier alpha value is -1.40. The van der Waals surface area contributed by atoms with E-state index in [9.17, 15) is 13.9 Å². The largest absolute Gasteiger partial charge is 0.384 e. The van der Waals surface area contributed by atoms with Gasteiger partial charge in [-0.2, -0.15) is 0 Å². The molecule has 1 nitrogen and oxygen atoms in total. The predicted octanol–water partition coefficient (Wildman–Crippen LogP) is 2.20. The van der Waals surface area contributed by atoms with Crippen molar-refractivity contribution in [1.29, 1.82) is 0 Å². The van der Waals surface area contributed by atoms with Gasteiger partial charge in [-0.05, 0) is 13.0 Å². The quantitative estimate of drug-likeness (QED) is 0.719. The van der Waals surface area contributed by atoms with E-state index in [1.807, 2.05) is 0 Å². The maximum absolute atomic E-state index is 13.2. The molecule has 14 heavy (non-hydrogen) atoms. The second-order valence-corrected chi connectivity index (χ2v) is 3.28. The molecule has 0 saturated heterocycles. The van der Waals surface area contributed by atoms with Crippen LogP contribution in [0.1, 0.15) is 18.9 Å². The number of rotatable bonds is 2. The zero-order valence-corrected chi connectivity index (χ0v) is 7.72. The molecule has 1 rings (SSSR count). The fourth-order valence-corrected chi connectivity index (χ4v) is 1.22.